The van der Waals surface area contributed by atoms with Gasteiger partial charge < -0.3 is 14.6 Å². The molecule has 156 valence electrons. The van der Waals surface area contributed by atoms with Crippen LogP contribution in [0, 0.1) is 0 Å². The molecule has 1 aromatic heterocycles. The molecule has 3 rings (SSSR count). The first-order chi connectivity index (χ1) is 14.4. The number of nitrogens with one attached hydrogen (secondary N) is 1. The summed E-state index contributed by atoms with van der Waals surface area (Å²) in [5.74, 6) is -0.346. The third-order valence-corrected chi connectivity index (χ3v) is 4.81. The van der Waals surface area contributed by atoms with Crippen LogP contribution in [0.1, 0.15) is 22.5 Å². The standard InChI is InChI=1S/C22H21ClN2O5/c1-29-19-11-5-15(13-20(19)30-2)22(28)24-25-17(9-12-21(26)27)8-10-18(25)14-3-6-16(23)7-4-14/h3-8,10-11,13H,9,12H2,1-2H3,(H,24,28)(H,26,27). The number of amides is 1. The van der Waals surface area contributed by atoms with Gasteiger partial charge in [-0.1, -0.05) is 23.7 Å². The molecule has 0 aliphatic carbocycles. The summed E-state index contributed by atoms with van der Waals surface area (Å²) in [7, 11) is 3.01. The van der Waals surface area contributed by atoms with Crippen LogP contribution >= 0.6 is 11.6 Å². The Hall–Kier alpha value is -3.45. The van der Waals surface area contributed by atoms with Gasteiger partial charge in [0.15, 0.2) is 11.5 Å². The number of ether oxygens (including phenoxy) is 2. The van der Waals surface area contributed by atoms with Gasteiger partial charge in [-0.25, -0.2) is 0 Å². The first-order valence-electron chi connectivity index (χ1n) is 9.14. The molecule has 0 aliphatic heterocycles. The van der Waals surface area contributed by atoms with Crippen molar-refractivity contribution in [2.75, 3.05) is 19.6 Å². The highest BCUT2D eigenvalue weighted by Crippen LogP contribution is 2.28. The number of carboxylic acid groups (broad SMARTS) is 1. The molecule has 0 unspecified atom stereocenters. The number of carbonyl (C=O) groups excluding carboxylic acids is 1. The molecule has 0 bridgehead atoms. The van der Waals surface area contributed by atoms with Gasteiger partial charge >= 0.3 is 5.97 Å². The van der Waals surface area contributed by atoms with E-state index in [1.807, 2.05) is 18.2 Å². The summed E-state index contributed by atoms with van der Waals surface area (Å²) < 4.78 is 12.1. The van der Waals surface area contributed by atoms with Gasteiger partial charge in [0, 0.05) is 28.3 Å². The maximum atomic E-state index is 12.9. The highest BCUT2D eigenvalue weighted by Gasteiger charge is 2.16. The van der Waals surface area contributed by atoms with Gasteiger partial charge in [0.2, 0.25) is 0 Å². The zero-order valence-electron chi connectivity index (χ0n) is 16.5. The molecule has 1 heterocycles. The highest BCUT2D eigenvalue weighted by molar-refractivity contribution is 6.30. The van der Waals surface area contributed by atoms with Crippen molar-refractivity contribution in [2.24, 2.45) is 0 Å². The number of halogens is 1. The van der Waals surface area contributed by atoms with E-state index in [4.69, 9.17) is 26.2 Å². The molecule has 0 spiro atoms. The van der Waals surface area contributed by atoms with Crippen LogP contribution in [0.4, 0.5) is 0 Å². The zero-order chi connectivity index (χ0) is 21.7. The summed E-state index contributed by atoms with van der Waals surface area (Å²) in [5.41, 5.74) is 5.42. The maximum absolute atomic E-state index is 12.9. The Morgan fingerprint density at radius 1 is 1.00 bits per heavy atom. The maximum Gasteiger partial charge on any atom is 0.303 e. The lowest BCUT2D eigenvalue weighted by Crippen LogP contribution is -2.25. The smallest absolute Gasteiger partial charge is 0.303 e. The predicted octanol–water partition coefficient (Wildman–Crippen LogP) is 4.23. The van der Waals surface area contributed by atoms with Crippen molar-refractivity contribution in [1.29, 1.82) is 0 Å². The van der Waals surface area contributed by atoms with E-state index in [1.165, 1.54) is 14.2 Å². The van der Waals surface area contributed by atoms with E-state index in [1.54, 1.807) is 41.1 Å². The monoisotopic (exact) mass is 428 g/mol. The number of carbonyl (C=O) groups is 2. The number of hydrogen-bond donors (Lipinski definition) is 2. The molecule has 0 radical (unpaired) electrons. The van der Waals surface area contributed by atoms with Crippen LogP contribution in [0.5, 0.6) is 11.5 Å². The van der Waals surface area contributed by atoms with Gasteiger partial charge in [0.05, 0.1) is 26.3 Å². The molecule has 0 saturated heterocycles. The lowest BCUT2D eigenvalue weighted by Gasteiger charge is -2.16. The van der Waals surface area contributed by atoms with Crippen molar-refractivity contribution in [3.05, 3.63) is 70.9 Å². The van der Waals surface area contributed by atoms with E-state index in [-0.39, 0.29) is 18.7 Å². The Balaban J connectivity index is 1.96. The minimum atomic E-state index is -0.915. The Morgan fingerprint density at radius 2 is 1.70 bits per heavy atom. The fourth-order valence-electron chi connectivity index (χ4n) is 3.03. The fraction of sp³-hybridized carbons (Fsp3) is 0.182. The van der Waals surface area contributed by atoms with E-state index in [0.717, 1.165) is 5.56 Å². The molecular formula is C22H21ClN2O5. The van der Waals surface area contributed by atoms with Gasteiger partial charge in [-0.2, -0.15) is 0 Å². The number of aromatic nitrogens is 1. The van der Waals surface area contributed by atoms with Crippen molar-refractivity contribution >= 4 is 23.5 Å². The molecule has 3 aromatic rings. The summed E-state index contributed by atoms with van der Waals surface area (Å²) in [6, 6.07) is 15.6. The molecule has 30 heavy (non-hydrogen) atoms. The summed E-state index contributed by atoms with van der Waals surface area (Å²) in [6.45, 7) is 0. The largest absolute Gasteiger partial charge is 0.493 e. The number of benzene rings is 2. The lowest BCUT2D eigenvalue weighted by molar-refractivity contribution is -0.136. The van der Waals surface area contributed by atoms with Crippen molar-refractivity contribution < 1.29 is 24.2 Å². The van der Waals surface area contributed by atoms with Gasteiger partial charge in [-0.05, 0) is 42.5 Å². The second-order valence-corrected chi connectivity index (χ2v) is 6.89. The molecule has 0 aliphatic rings. The number of aliphatic carboxylic acids is 1. The van der Waals surface area contributed by atoms with E-state index in [9.17, 15) is 9.59 Å². The average Bonchev–Trinajstić information content (AvgIpc) is 3.14. The van der Waals surface area contributed by atoms with Crippen molar-refractivity contribution in [3.8, 4) is 22.8 Å². The van der Waals surface area contributed by atoms with Gasteiger partial charge in [-0.15, -0.1) is 0 Å². The molecule has 0 atom stereocenters. The minimum Gasteiger partial charge on any atom is -0.493 e. The average molecular weight is 429 g/mol. The van der Waals surface area contributed by atoms with Gasteiger partial charge in [-0.3, -0.25) is 19.7 Å². The Labute approximate surface area is 178 Å². The van der Waals surface area contributed by atoms with Crippen molar-refractivity contribution in [2.45, 2.75) is 12.8 Å². The highest BCUT2D eigenvalue weighted by atomic mass is 35.5. The summed E-state index contributed by atoms with van der Waals surface area (Å²) >= 11 is 5.98. The number of nitrogens with zero attached hydrogens (tertiary/aromatic N) is 1. The molecule has 8 heteroatoms. The van der Waals surface area contributed by atoms with E-state index >= 15 is 0 Å². The Bertz CT molecular complexity index is 1060. The molecule has 0 saturated carbocycles. The lowest BCUT2D eigenvalue weighted by atomic mass is 10.1. The van der Waals surface area contributed by atoms with Crippen molar-refractivity contribution in [3.63, 3.8) is 0 Å². The SMILES string of the molecule is COc1ccc(C(=O)Nn2c(CCC(=O)O)ccc2-c2ccc(Cl)cc2)cc1OC. The van der Waals surface area contributed by atoms with Crippen LogP contribution in [0.3, 0.4) is 0 Å². The molecule has 2 N–H and O–H groups in total. The topological polar surface area (TPSA) is 89.8 Å². The predicted molar refractivity (Wildman–Crippen MR) is 114 cm³/mol. The second-order valence-electron chi connectivity index (χ2n) is 6.46. The first kappa shape index (κ1) is 21.3. The van der Waals surface area contributed by atoms with Gasteiger partial charge in [0.25, 0.3) is 5.91 Å². The van der Waals surface area contributed by atoms with E-state index < -0.39 is 5.97 Å². The van der Waals surface area contributed by atoms with Crippen LogP contribution in [-0.4, -0.2) is 35.9 Å². The molecule has 7 nitrogen and oxygen atoms in total. The quantitative estimate of drug-likeness (QED) is 0.560. The summed E-state index contributed by atoms with van der Waals surface area (Å²) in [4.78, 5) is 24.0. The number of methoxy groups -OCH3 is 2. The summed E-state index contributed by atoms with van der Waals surface area (Å²) in [5, 5.41) is 9.64. The summed E-state index contributed by atoms with van der Waals surface area (Å²) in [6.07, 6.45) is 0.200. The van der Waals surface area contributed by atoms with Crippen LogP contribution in [0.2, 0.25) is 5.02 Å². The first-order valence-corrected chi connectivity index (χ1v) is 9.52. The number of aryl methyl sites for hydroxylation is 1. The molecule has 1 amide bonds. The van der Waals surface area contributed by atoms with Crippen LogP contribution in [0.15, 0.2) is 54.6 Å². The Morgan fingerprint density at radius 3 is 2.33 bits per heavy atom. The van der Waals surface area contributed by atoms with Crippen LogP contribution in [0.25, 0.3) is 11.3 Å². The second kappa shape index (κ2) is 9.37. The zero-order valence-corrected chi connectivity index (χ0v) is 17.3. The number of carboxylic acids is 1. The van der Waals surface area contributed by atoms with Crippen LogP contribution in [-0.2, 0) is 11.2 Å². The van der Waals surface area contributed by atoms with Gasteiger partial charge in [0.1, 0.15) is 0 Å². The minimum absolute atomic E-state index is 0.0592. The van der Waals surface area contributed by atoms with E-state index in [2.05, 4.69) is 5.43 Å². The van der Waals surface area contributed by atoms with Crippen molar-refractivity contribution in [1.82, 2.24) is 4.68 Å². The third-order valence-electron chi connectivity index (χ3n) is 4.56. The fourth-order valence-corrected chi connectivity index (χ4v) is 3.16. The number of hydrogen-bond acceptors (Lipinski definition) is 4. The molecule has 0 fully saturated rings. The normalized spacial score (nSPS) is 10.5. The Kier molecular flexibility index (Phi) is 6.64. The molecular weight excluding hydrogens is 408 g/mol. The molecule has 2 aromatic carbocycles. The third kappa shape index (κ3) is 4.75. The van der Waals surface area contributed by atoms with Crippen LogP contribution < -0.4 is 14.9 Å². The van der Waals surface area contributed by atoms with E-state index in [0.29, 0.717) is 33.5 Å². The number of rotatable bonds is 8.